The smallest absolute Gasteiger partial charge is 0.152 e. The second kappa shape index (κ2) is 4.18. The summed E-state index contributed by atoms with van der Waals surface area (Å²) in [5, 5.41) is 10.5. The van der Waals surface area contributed by atoms with Crippen molar-refractivity contribution >= 4 is 23.3 Å². The Balaban J connectivity index is 2.54. The lowest BCUT2D eigenvalue weighted by atomic mass is 10.1. The van der Waals surface area contributed by atoms with Crippen LogP contribution in [0, 0.1) is 0 Å². The lowest BCUT2D eigenvalue weighted by Crippen LogP contribution is -2.13. The summed E-state index contributed by atoms with van der Waals surface area (Å²) in [6.45, 7) is 3.37. The first-order valence-electron chi connectivity index (χ1n) is 5.49. The number of aliphatic hydroxyl groups is 1. The van der Waals surface area contributed by atoms with E-state index in [4.69, 9.17) is 0 Å². The molecule has 1 aromatic heterocycles. The molecule has 0 atom stereocenters. The van der Waals surface area contributed by atoms with Gasteiger partial charge in [-0.25, -0.2) is 0 Å². The zero-order valence-corrected chi connectivity index (χ0v) is 9.90. The number of H-pyrrole nitrogens is 1. The number of aromatic amines is 1. The molecule has 0 bridgehead atoms. The molecule has 17 heavy (non-hydrogen) atoms. The molecule has 0 unspecified atom stereocenters. The van der Waals surface area contributed by atoms with E-state index >= 15 is 0 Å². The number of para-hydroxylation sites is 1. The number of nitrogens with one attached hydrogen (secondary N) is 1. The number of hydrogen-bond donors (Lipinski definition) is 2. The van der Waals surface area contributed by atoms with Gasteiger partial charge in [0, 0.05) is 22.2 Å². The zero-order chi connectivity index (χ0) is 12.5. The van der Waals surface area contributed by atoms with Gasteiger partial charge in [0.2, 0.25) is 0 Å². The number of benzene rings is 1. The fourth-order valence-corrected chi connectivity index (χ4v) is 1.73. The van der Waals surface area contributed by atoms with Gasteiger partial charge in [-0.15, -0.1) is 0 Å². The van der Waals surface area contributed by atoms with E-state index in [2.05, 4.69) is 4.98 Å². The maximum atomic E-state index is 11.1. The van der Waals surface area contributed by atoms with Crippen molar-refractivity contribution in [3.8, 4) is 0 Å². The van der Waals surface area contributed by atoms with Crippen LogP contribution in [0.4, 0.5) is 0 Å². The number of aldehydes is 1. The Morgan fingerprint density at radius 1 is 1.29 bits per heavy atom. The molecule has 3 heteroatoms. The highest BCUT2D eigenvalue weighted by atomic mass is 16.3. The van der Waals surface area contributed by atoms with E-state index in [-0.39, 0.29) is 0 Å². The van der Waals surface area contributed by atoms with Crippen molar-refractivity contribution in [2.45, 2.75) is 19.4 Å². The highest BCUT2D eigenvalue weighted by Gasteiger charge is 2.10. The molecule has 0 spiro atoms. The lowest BCUT2D eigenvalue weighted by Gasteiger charge is -2.09. The SMILES string of the molecule is CC(C)(O)C=Cc1[nH]c2ccccc2c1C=O. The maximum absolute atomic E-state index is 11.1. The van der Waals surface area contributed by atoms with Crippen LogP contribution in [0.5, 0.6) is 0 Å². The van der Waals surface area contributed by atoms with E-state index in [0.717, 1.165) is 22.9 Å². The average Bonchev–Trinajstić information content (AvgIpc) is 2.63. The topological polar surface area (TPSA) is 53.1 Å². The fraction of sp³-hybridized carbons (Fsp3) is 0.214. The summed E-state index contributed by atoms with van der Waals surface area (Å²) in [5.74, 6) is 0. The third-order valence-corrected chi connectivity index (χ3v) is 2.55. The summed E-state index contributed by atoms with van der Waals surface area (Å²) < 4.78 is 0. The van der Waals surface area contributed by atoms with E-state index in [9.17, 15) is 9.90 Å². The van der Waals surface area contributed by atoms with Gasteiger partial charge in [0.1, 0.15) is 0 Å². The molecule has 0 fully saturated rings. The fourth-order valence-electron chi connectivity index (χ4n) is 1.73. The van der Waals surface area contributed by atoms with E-state index in [1.165, 1.54) is 0 Å². The minimum absolute atomic E-state index is 0.626. The monoisotopic (exact) mass is 229 g/mol. The van der Waals surface area contributed by atoms with Crippen LogP contribution < -0.4 is 0 Å². The summed E-state index contributed by atoms with van der Waals surface area (Å²) in [7, 11) is 0. The Bertz CT molecular complexity index is 573. The van der Waals surface area contributed by atoms with Crippen molar-refractivity contribution in [2.24, 2.45) is 0 Å². The van der Waals surface area contributed by atoms with Crippen LogP contribution in [0.1, 0.15) is 29.9 Å². The van der Waals surface area contributed by atoms with Crippen LogP contribution in [-0.2, 0) is 0 Å². The van der Waals surface area contributed by atoms with Gasteiger partial charge in [-0.3, -0.25) is 4.79 Å². The Morgan fingerprint density at radius 3 is 2.65 bits per heavy atom. The number of rotatable bonds is 3. The molecule has 2 rings (SSSR count). The van der Waals surface area contributed by atoms with Crippen LogP contribution in [0.3, 0.4) is 0 Å². The minimum Gasteiger partial charge on any atom is -0.386 e. The highest BCUT2D eigenvalue weighted by Crippen LogP contribution is 2.22. The van der Waals surface area contributed by atoms with E-state index in [1.54, 1.807) is 26.0 Å². The lowest BCUT2D eigenvalue weighted by molar-refractivity contribution is 0.112. The summed E-state index contributed by atoms with van der Waals surface area (Å²) >= 11 is 0. The molecular formula is C14H15NO2. The highest BCUT2D eigenvalue weighted by molar-refractivity contribution is 6.01. The summed E-state index contributed by atoms with van der Waals surface area (Å²) in [6.07, 6.45) is 4.23. The van der Waals surface area contributed by atoms with Crippen molar-refractivity contribution in [2.75, 3.05) is 0 Å². The molecule has 0 saturated carbocycles. The Kier molecular flexibility index (Phi) is 2.86. The summed E-state index contributed by atoms with van der Waals surface area (Å²) in [4.78, 5) is 14.3. The number of aromatic nitrogens is 1. The van der Waals surface area contributed by atoms with Crippen LogP contribution in [0.15, 0.2) is 30.3 Å². The van der Waals surface area contributed by atoms with Gasteiger partial charge >= 0.3 is 0 Å². The summed E-state index contributed by atoms with van der Waals surface area (Å²) in [6, 6.07) is 7.63. The largest absolute Gasteiger partial charge is 0.386 e. The number of carbonyl (C=O) groups is 1. The third kappa shape index (κ3) is 2.45. The molecule has 2 aromatic rings. The van der Waals surface area contributed by atoms with Crippen LogP contribution in [0.2, 0.25) is 0 Å². The van der Waals surface area contributed by atoms with E-state index < -0.39 is 5.60 Å². The van der Waals surface area contributed by atoms with Gasteiger partial charge in [-0.2, -0.15) is 0 Å². The number of hydrogen-bond acceptors (Lipinski definition) is 2. The first-order chi connectivity index (χ1) is 8.01. The molecule has 0 aliphatic carbocycles. The van der Waals surface area contributed by atoms with Crippen LogP contribution >= 0.6 is 0 Å². The Labute approximate surface area is 99.8 Å². The molecular weight excluding hydrogens is 214 g/mol. The normalized spacial score (nSPS) is 12.4. The van der Waals surface area contributed by atoms with Gasteiger partial charge in [0.25, 0.3) is 0 Å². The molecule has 2 N–H and O–H groups in total. The van der Waals surface area contributed by atoms with Gasteiger partial charge in [0.15, 0.2) is 6.29 Å². The van der Waals surface area contributed by atoms with Crippen LogP contribution in [0.25, 0.3) is 17.0 Å². The van der Waals surface area contributed by atoms with Crippen molar-refractivity contribution < 1.29 is 9.90 Å². The van der Waals surface area contributed by atoms with Gasteiger partial charge in [0.05, 0.1) is 5.60 Å². The maximum Gasteiger partial charge on any atom is 0.152 e. The predicted octanol–water partition coefficient (Wildman–Crippen LogP) is 2.76. The quantitative estimate of drug-likeness (QED) is 0.795. The number of carbonyl (C=O) groups excluding carboxylic acids is 1. The molecule has 0 aliphatic heterocycles. The standard InChI is InChI=1S/C14H15NO2/c1-14(2,17)8-7-13-11(9-16)10-5-3-4-6-12(10)15-13/h3-9,15,17H,1-2H3. The van der Waals surface area contributed by atoms with Crippen molar-refractivity contribution in [1.29, 1.82) is 0 Å². The van der Waals surface area contributed by atoms with Crippen LogP contribution in [-0.4, -0.2) is 22.0 Å². The molecule has 1 aromatic carbocycles. The van der Waals surface area contributed by atoms with Crippen molar-refractivity contribution in [3.63, 3.8) is 0 Å². The average molecular weight is 229 g/mol. The Morgan fingerprint density at radius 2 is 2.00 bits per heavy atom. The number of fused-ring (bicyclic) bond motifs is 1. The summed E-state index contributed by atoms with van der Waals surface area (Å²) in [5.41, 5.74) is 1.38. The molecule has 0 aliphatic rings. The first-order valence-corrected chi connectivity index (χ1v) is 5.49. The van der Waals surface area contributed by atoms with E-state index in [0.29, 0.717) is 5.56 Å². The molecule has 1 heterocycles. The predicted molar refractivity (Wildman–Crippen MR) is 69.0 cm³/mol. The van der Waals surface area contributed by atoms with E-state index in [1.807, 2.05) is 24.3 Å². The molecule has 0 amide bonds. The molecule has 88 valence electrons. The second-order valence-corrected chi connectivity index (χ2v) is 4.60. The third-order valence-electron chi connectivity index (χ3n) is 2.55. The minimum atomic E-state index is -0.891. The van der Waals surface area contributed by atoms with Crippen molar-refractivity contribution in [1.82, 2.24) is 4.98 Å². The van der Waals surface area contributed by atoms with Crippen molar-refractivity contribution in [3.05, 3.63) is 41.6 Å². The first kappa shape index (κ1) is 11.6. The van der Waals surface area contributed by atoms with Gasteiger partial charge in [-0.1, -0.05) is 24.3 Å². The van der Waals surface area contributed by atoms with Gasteiger partial charge < -0.3 is 10.1 Å². The molecule has 3 nitrogen and oxygen atoms in total. The Hall–Kier alpha value is -1.87. The molecule has 0 saturated heterocycles. The zero-order valence-electron chi connectivity index (χ0n) is 9.90. The van der Waals surface area contributed by atoms with Gasteiger partial charge in [-0.05, 0) is 26.0 Å². The second-order valence-electron chi connectivity index (χ2n) is 4.60. The molecule has 0 radical (unpaired) electrons.